The van der Waals surface area contributed by atoms with Crippen LogP contribution in [0.25, 0.3) is 11.0 Å². The largest absolute Gasteiger partial charge is 0.495 e. The predicted octanol–water partition coefficient (Wildman–Crippen LogP) is 2.86. The van der Waals surface area contributed by atoms with Crippen molar-refractivity contribution in [2.24, 2.45) is 5.73 Å². The second-order valence-corrected chi connectivity index (χ2v) is 6.17. The molecule has 1 unspecified atom stereocenters. The number of methoxy groups -OCH3 is 1. The maximum Gasteiger partial charge on any atom is 0.338 e. The first kappa shape index (κ1) is 18.5. The Morgan fingerprint density at radius 1 is 1.22 bits per heavy atom. The van der Waals surface area contributed by atoms with E-state index < -0.39 is 11.7 Å². The van der Waals surface area contributed by atoms with Crippen LogP contribution in [-0.2, 0) is 4.79 Å². The number of ether oxygens (including phenoxy) is 1. The number of nitrogens with zero attached hydrogens (tertiary/aromatic N) is 1. The second kappa shape index (κ2) is 7.51. The Kier molecular flexibility index (Phi) is 5.14. The van der Waals surface area contributed by atoms with Crippen molar-refractivity contribution < 1.29 is 13.9 Å². The monoisotopic (exact) mass is 367 g/mol. The van der Waals surface area contributed by atoms with Crippen molar-refractivity contribution in [3.8, 4) is 5.75 Å². The van der Waals surface area contributed by atoms with Crippen molar-refractivity contribution in [2.75, 3.05) is 24.4 Å². The molecule has 1 heterocycles. The number of benzene rings is 2. The number of carbonyl (C=O) groups is 1. The van der Waals surface area contributed by atoms with E-state index in [0.29, 0.717) is 22.7 Å². The summed E-state index contributed by atoms with van der Waals surface area (Å²) in [6, 6.07) is 13.4. The Bertz CT molecular complexity index is 1040. The summed E-state index contributed by atoms with van der Waals surface area (Å²) < 4.78 is 10.6. The fourth-order valence-corrected chi connectivity index (χ4v) is 2.76. The number of carbonyl (C=O) groups excluding carboxylic acids is 1. The van der Waals surface area contributed by atoms with Crippen LogP contribution < -0.4 is 26.3 Å². The average molecular weight is 367 g/mol. The lowest BCUT2D eigenvalue weighted by Gasteiger charge is -2.22. The van der Waals surface area contributed by atoms with Gasteiger partial charge in [-0.1, -0.05) is 12.1 Å². The van der Waals surface area contributed by atoms with Gasteiger partial charge in [-0.2, -0.15) is 0 Å². The molecule has 3 rings (SSSR count). The van der Waals surface area contributed by atoms with Crippen molar-refractivity contribution in [1.29, 1.82) is 0 Å². The molecule has 0 fully saturated rings. The number of nitrogens with one attached hydrogen (secondary N) is 1. The van der Waals surface area contributed by atoms with Crippen LogP contribution in [0, 0.1) is 0 Å². The number of nitrogens with two attached hydrogens (primary N) is 1. The summed E-state index contributed by atoms with van der Waals surface area (Å²) in [5, 5.41) is 3.56. The first-order valence-electron chi connectivity index (χ1n) is 8.42. The zero-order valence-corrected chi connectivity index (χ0v) is 15.4. The quantitative estimate of drug-likeness (QED) is 0.673. The third kappa shape index (κ3) is 3.78. The van der Waals surface area contributed by atoms with E-state index in [9.17, 15) is 9.59 Å². The standard InChI is InChI=1S/C20H21N3O4/c1-12(21)20(25)22-15-10-13(8-9-18(15)26-3)23(2)16-11-19(24)27-17-7-5-4-6-14(16)17/h4-12H,21H2,1-3H3,(H,22,25). The number of fused-ring (bicyclic) bond motifs is 1. The molecule has 1 atom stereocenters. The molecule has 0 saturated carbocycles. The smallest absolute Gasteiger partial charge is 0.338 e. The van der Waals surface area contributed by atoms with Gasteiger partial charge in [-0.15, -0.1) is 0 Å². The van der Waals surface area contributed by atoms with E-state index >= 15 is 0 Å². The van der Waals surface area contributed by atoms with Gasteiger partial charge in [0.1, 0.15) is 11.3 Å². The minimum absolute atomic E-state index is 0.320. The molecule has 0 bridgehead atoms. The summed E-state index contributed by atoms with van der Waals surface area (Å²) in [4.78, 5) is 25.8. The van der Waals surface area contributed by atoms with Crippen LogP contribution in [0.5, 0.6) is 5.75 Å². The van der Waals surface area contributed by atoms with Crippen LogP contribution in [0.2, 0.25) is 0 Å². The second-order valence-electron chi connectivity index (χ2n) is 6.17. The highest BCUT2D eigenvalue weighted by molar-refractivity contribution is 5.97. The summed E-state index contributed by atoms with van der Waals surface area (Å²) in [5.74, 6) is 0.192. The molecule has 1 amide bonds. The zero-order valence-electron chi connectivity index (χ0n) is 15.4. The van der Waals surface area contributed by atoms with Gasteiger partial charge in [-0.3, -0.25) is 4.79 Å². The summed E-state index contributed by atoms with van der Waals surface area (Å²) in [7, 11) is 3.36. The molecule has 3 N–H and O–H groups in total. The number of para-hydroxylation sites is 1. The molecule has 0 spiro atoms. The molecule has 0 aliphatic rings. The highest BCUT2D eigenvalue weighted by Crippen LogP contribution is 2.34. The van der Waals surface area contributed by atoms with Crippen LogP contribution in [-0.4, -0.2) is 26.1 Å². The molecule has 0 aliphatic carbocycles. The van der Waals surface area contributed by atoms with E-state index in [0.717, 1.165) is 11.1 Å². The Morgan fingerprint density at radius 3 is 2.67 bits per heavy atom. The fourth-order valence-electron chi connectivity index (χ4n) is 2.76. The molecule has 2 aromatic carbocycles. The number of amides is 1. The highest BCUT2D eigenvalue weighted by atomic mass is 16.5. The van der Waals surface area contributed by atoms with Gasteiger partial charge < -0.3 is 25.1 Å². The van der Waals surface area contributed by atoms with E-state index in [1.807, 2.05) is 36.2 Å². The molecule has 0 radical (unpaired) electrons. The third-order valence-corrected chi connectivity index (χ3v) is 4.23. The van der Waals surface area contributed by atoms with E-state index in [4.69, 9.17) is 14.9 Å². The van der Waals surface area contributed by atoms with Crippen LogP contribution in [0.15, 0.2) is 57.7 Å². The van der Waals surface area contributed by atoms with Crippen molar-refractivity contribution in [1.82, 2.24) is 0 Å². The van der Waals surface area contributed by atoms with Crippen LogP contribution in [0.4, 0.5) is 17.1 Å². The Hall–Kier alpha value is -3.32. The van der Waals surface area contributed by atoms with Crippen molar-refractivity contribution in [3.05, 3.63) is 59.0 Å². The molecule has 3 aromatic rings. The molecule has 7 heteroatoms. The summed E-state index contributed by atoms with van der Waals surface area (Å²) in [6.07, 6.45) is 0. The maximum absolute atomic E-state index is 12.0. The summed E-state index contributed by atoms with van der Waals surface area (Å²) in [5.41, 5.74) is 7.65. The number of hydrogen-bond donors (Lipinski definition) is 2. The first-order valence-corrected chi connectivity index (χ1v) is 8.42. The SMILES string of the molecule is COc1ccc(N(C)c2cc(=O)oc3ccccc23)cc1NC(=O)C(C)N. The van der Waals surface area contributed by atoms with Gasteiger partial charge in [0.05, 0.1) is 24.5 Å². The maximum atomic E-state index is 12.0. The van der Waals surface area contributed by atoms with Crippen LogP contribution in [0.3, 0.4) is 0 Å². The van der Waals surface area contributed by atoms with Gasteiger partial charge in [0.25, 0.3) is 0 Å². The Labute approximate surface area is 156 Å². The topological polar surface area (TPSA) is 97.8 Å². The van der Waals surface area contributed by atoms with E-state index in [-0.39, 0.29) is 5.91 Å². The van der Waals surface area contributed by atoms with Crippen LogP contribution >= 0.6 is 0 Å². The van der Waals surface area contributed by atoms with Gasteiger partial charge in [-0.25, -0.2) is 4.79 Å². The zero-order chi connectivity index (χ0) is 19.6. The van der Waals surface area contributed by atoms with Crippen LogP contribution in [0.1, 0.15) is 6.92 Å². The Morgan fingerprint density at radius 2 is 1.96 bits per heavy atom. The van der Waals surface area contributed by atoms with E-state index in [1.165, 1.54) is 13.2 Å². The van der Waals surface area contributed by atoms with Gasteiger partial charge in [0, 0.05) is 24.2 Å². The van der Waals surface area contributed by atoms with Gasteiger partial charge >= 0.3 is 5.63 Å². The third-order valence-electron chi connectivity index (χ3n) is 4.23. The normalized spacial score (nSPS) is 11.9. The van der Waals surface area contributed by atoms with Gasteiger partial charge in [-0.05, 0) is 37.3 Å². The number of hydrogen-bond acceptors (Lipinski definition) is 6. The van der Waals surface area contributed by atoms with Crippen molar-refractivity contribution in [2.45, 2.75) is 13.0 Å². The summed E-state index contributed by atoms with van der Waals surface area (Å²) in [6.45, 7) is 1.60. The average Bonchev–Trinajstić information content (AvgIpc) is 2.66. The lowest BCUT2D eigenvalue weighted by molar-refractivity contribution is -0.117. The van der Waals surface area contributed by atoms with Crippen molar-refractivity contribution in [3.63, 3.8) is 0 Å². The molecule has 0 saturated heterocycles. The number of anilines is 3. The van der Waals surface area contributed by atoms with Crippen molar-refractivity contribution >= 4 is 33.9 Å². The molecule has 140 valence electrons. The lowest BCUT2D eigenvalue weighted by Crippen LogP contribution is -2.32. The molecule has 0 aliphatic heterocycles. The minimum atomic E-state index is -0.654. The first-order chi connectivity index (χ1) is 12.9. The Balaban J connectivity index is 2.06. The fraction of sp³-hybridized carbons (Fsp3) is 0.200. The molecule has 27 heavy (non-hydrogen) atoms. The van der Waals surface area contributed by atoms with E-state index in [2.05, 4.69) is 5.32 Å². The van der Waals surface area contributed by atoms with Gasteiger partial charge in [0.2, 0.25) is 5.91 Å². The number of rotatable bonds is 5. The molecule has 1 aromatic heterocycles. The lowest BCUT2D eigenvalue weighted by atomic mass is 10.1. The molecular weight excluding hydrogens is 346 g/mol. The molecular formula is C20H21N3O4. The molecule has 7 nitrogen and oxygen atoms in total. The predicted molar refractivity (Wildman–Crippen MR) is 106 cm³/mol. The van der Waals surface area contributed by atoms with Gasteiger partial charge in [0.15, 0.2) is 0 Å². The van der Waals surface area contributed by atoms with E-state index in [1.54, 1.807) is 25.1 Å². The summed E-state index contributed by atoms with van der Waals surface area (Å²) >= 11 is 0. The minimum Gasteiger partial charge on any atom is -0.495 e. The highest BCUT2D eigenvalue weighted by Gasteiger charge is 2.15.